The molecule has 6 heteroatoms. The van der Waals surface area contributed by atoms with Crippen LogP contribution in [-0.2, 0) is 9.59 Å². The first-order valence-corrected chi connectivity index (χ1v) is 7.14. The molecule has 0 bridgehead atoms. The van der Waals surface area contributed by atoms with Crippen molar-refractivity contribution in [2.45, 2.75) is 25.3 Å². The van der Waals surface area contributed by atoms with Crippen LogP contribution in [-0.4, -0.2) is 28.9 Å². The van der Waals surface area contributed by atoms with E-state index >= 15 is 0 Å². The quantitative estimate of drug-likeness (QED) is 0.897. The van der Waals surface area contributed by atoms with Gasteiger partial charge in [-0.05, 0) is 46.5 Å². The van der Waals surface area contributed by atoms with E-state index in [0.717, 1.165) is 0 Å². The average molecular weight is 344 g/mol. The predicted molar refractivity (Wildman–Crippen MR) is 74.6 cm³/mol. The van der Waals surface area contributed by atoms with Crippen molar-refractivity contribution in [2.24, 2.45) is 5.92 Å². The SMILES string of the molecule is CN1C(=O)CCCC(C(=O)O)C1c1ccc(F)c(Br)c1. The molecule has 0 aliphatic carbocycles. The molecule has 1 aliphatic rings. The molecule has 20 heavy (non-hydrogen) atoms. The van der Waals surface area contributed by atoms with Gasteiger partial charge in [0.15, 0.2) is 0 Å². The van der Waals surface area contributed by atoms with Crippen LogP contribution in [0.4, 0.5) is 4.39 Å². The number of aliphatic carboxylic acids is 1. The standard InChI is InChI=1S/C14H15BrFNO3/c1-17-12(18)4-2-3-9(14(19)20)13(17)8-5-6-11(16)10(15)7-8/h5-7,9,13H,2-4H2,1H3,(H,19,20). The maximum atomic E-state index is 13.3. The molecule has 1 saturated heterocycles. The molecule has 0 aromatic heterocycles. The summed E-state index contributed by atoms with van der Waals surface area (Å²) in [4.78, 5) is 24.9. The fourth-order valence-corrected chi connectivity index (χ4v) is 3.04. The lowest BCUT2D eigenvalue weighted by Gasteiger charge is -2.30. The molecular weight excluding hydrogens is 329 g/mol. The van der Waals surface area contributed by atoms with Crippen molar-refractivity contribution in [3.05, 3.63) is 34.1 Å². The Hall–Kier alpha value is -1.43. The van der Waals surface area contributed by atoms with E-state index in [2.05, 4.69) is 15.9 Å². The number of hydrogen-bond donors (Lipinski definition) is 1. The van der Waals surface area contributed by atoms with E-state index in [9.17, 15) is 19.1 Å². The van der Waals surface area contributed by atoms with Gasteiger partial charge in [-0.15, -0.1) is 0 Å². The van der Waals surface area contributed by atoms with Crippen LogP contribution in [0.3, 0.4) is 0 Å². The molecule has 1 fully saturated rings. The van der Waals surface area contributed by atoms with Gasteiger partial charge in [0, 0.05) is 13.5 Å². The Morgan fingerprint density at radius 2 is 2.20 bits per heavy atom. The number of rotatable bonds is 2. The van der Waals surface area contributed by atoms with Crippen LogP contribution in [0.2, 0.25) is 0 Å². The lowest BCUT2D eigenvalue weighted by Crippen LogP contribution is -2.36. The predicted octanol–water partition coefficient (Wildman–Crippen LogP) is 2.97. The first-order chi connectivity index (χ1) is 9.41. The second-order valence-electron chi connectivity index (χ2n) is 4.96. The van der Waals surface area contributed by atoms with Gasteiger partial charge in [0.05, 0.1) is 16.4 Å². The summed E-state index contributed by atoms with van der Waals surface area (Å²) < 4.78 is 13.6. The number of likely N-dealkylation sites (tertiary alicyclic amines) is 1. The Morgan fingerprint density at radius 1 is 1.50 bits per heavy atom. The van der Waals surface area contributed by atoms with Crippen LogP contribution in [0.5, 0.6) is 0 Å². The number of nitrogens with zero attached hydrogens (tertiary/aromatic N) is 1. The van der Waals surface area contributed by atoms with Crippen molar-refractivity contribution < 1.29 is 19.1 Å². The zero-order valence-corrected chi connectivity index (χ0v) is 12.6. The number of carbonyl (C=O) groups is 2. The van der Waals surface area contributed by atoms with Gasteiger partial charge >= 0.3 is 5.97 Å². The Balaban J connectivity index is 2.47. The highest BCUT2D eigenvalue weighted by Gasteiger charge is 2.36. The first-order valence-electron chi connectivity index (χ1n) is 6.35. The minimum atomic E-state index is -0.933. The number of amides is 1. The van der Waals surface area contributed by atoms with Crippen molar-refractivity contribution in [3.8, 4) is 0 Å². The lowest BCUT2D eigenvalue weighted by atomic mass is 9.89. The molecule has 1 aromatic carbocycles. The van der Waals surface area contributed by atoms with Crippen molar-refractivity contribution >= 4 is 27.8 Å². The fourth-order valence-electron chi connectivity index (χ4n) is 2.64. The maximum absolute atomic E-state index is 13.3. The molecular formula is C14H15BrFNO3. The Labute approximate surface area is 124 Å². The van der Waals surface area contributed by atoms with E-state index < -0.39 is 23.7 Å². The van der Waals surface area contributed by atoms with E-state index in [-0.39, 0.29) is 10.4 Å². The minimum absolute atomic E-state index is 0.0841. The van der Waals surface area contributed by atoms with Gasteiger partial charge in [-0.1, -0.05) is 6.07 Å². The second-order valence-corrected chi connectivity index (χ2v) is 5.81. The van der Waals surface area contributed by atoms with Gasteiger partial charge in [0.25, 0.3) is 0 Å². The van der Waals surface area contributed by atoms with Crippen LogP contribution in [0.25, 0.3) is 0 Å². The normalized spacial score (nSPS) is 23.6. The zero-order valence-electron chi connectivity index (χ0n) is 11.0. The molecule has 1 amide bonds. The van der Waals surface area contributed by atoms with Crippen LogP contribution in [0, 0.1) is 11.7 Å². The minimum Gasteiger partial charge on any atom is -0.481 e. The summed E-state index contributed by atoms with van der Waals surface area (Å²) in [7, 11) is 1.60. The highest BCUT2D eigenvalue weighted by Crippen LogP contribution is 2.36. The Bertz CT molecular complexity index is 549. The molecule has 1 N–H and O–H groups in total. The summed E-state index contributed by atoms with van der Waals surface area (Å²) in [6.45, 7) is 0. The fraction of sp³-hybridized carbons (Fsp3) is 0.429. The van der Waals surface area contributed by atoms with Gasteiger partial charge in [-0.25, -0.2) is 4.39 Å². The molecule has 0 radical (unpaired) electrons. The molecule has 2 unspecified atom stereocenters. The highest BCUT2D eigenvalue weighted by molar-refractivity contribution is 9.10. The molecule has 1 heterocycles. The third kappa shape index (κ3) is 2.85. The van der Waals surface area contributed by atoms with Crippen LogP contribution >= 0.6 is 15.9 Å². The summed E-state index contributed by atoms with van der Waals surface area (Å²) >= 11 is 3.10. The zero-order chi connectivity index (χ0) is 14.9. The van der Waals surface area contributed by atoms with Gasteiger partial charge in [0.2, 0.25) is 5.91 Å². The van der Waals surface area contributed by atoms with Crippen molar-refractivity contribution in [2.75, 3.05) is 7.05 Å². The van der Waals surface area contributed by atoms with E-state index in [1.807, 2.05) is 0 Å². The lowest BCUT2D eigenvalue weighted by molar-refractivity contribution is -0.145. The van der Waals surface area contributed by atoms with E-state index in [4.69, 9.17) is 0 Å². The van der Waals surface area contributed by atoms with E-state index in [1.165, 1.54) is 17.0 Å². The molecule has 108 valence electrons. The number of carboxylic acid groups (broad SMARTS) is 1. The number of benzene rings is 1. The molecule has 1 aliphatic heterocycles. The Kier molecular flexibility index (Phi) is 4.42. The average Bonchev–Trinajstić information content (AvgIpc) is 2.54. The van der Waals surface area contributed by atoms with Crippen molar-refractivity contribution in [3.63, 3.8) is 0 Å². The molecule has 2 rings (SSSR count). The summed E-state index contributed by atoms with van der Waals surface area (Å²) in [6, 6.07) is 3.79. The maximum Gasteiger partial charge on any atom is 0.308 e. The van der Waals surface area contributed by atoms with Crippen LogP contribution in [0.1, 0.15) is 30.9 Å². The second kappa shape index (κ2) is 5.91. The number of carbonyl (C=O) groups excluding carboxylic acids is 1. The number of carboxylic acids is 1. The van der Waals surface area contributed by atoms with Gasteiger partial charge in [-0.2, -0.15) is 0 Å². The largest absolute Gasteiger partial charge is 0.481 e. The summed E-state index contributed by atoms with van der Waals surface area (Å²) in [6.07, 6.45) is 1.34. The molecule has 2 atom stereocenters. The van der Waals surface area contributed by atoms with Gasteiger partial charge in [-0.3, -0.25) is 9.59 Å². The van der Waals surface area contributed by atoms with Crippen molar-refractivity contribution in [1.29, 1.82) is 0 Å². The van der Waals surface area contributed by atoms with Crippen molar-refractivity contribution in [1.82, 2.24) is 4.90 Å². The van der Waals surface area contributed by atoms with E-state index in [0.29, 0.717) is 24.8 Å². The van der Waals surface area contributed by atoms with Crippen LogP contribution in [0.15, 0.2) is 22.7 Å². The number of halogens is 2. The van der Waals surface area contributed by atoms with Crippen LogP contribution < -0.4 is 0 Å². The molecule has 0 spiro atoms. The smallest absolute Gasteiger partial charge is 0.308 e. The van der Waals surface area contributed by atoms with Gasteiger partial charge < -0.3 is 10.0 Å². The monoisotopic (exact) mass is 343 g/mol. The first kappa shape index (κ1) is 15.0. The molecule has 1 aromatic rings. The summed E-state index contributed by atoms with van der Waals surface area (Å²) in [5.74, 6) is -2.11. The third-order valence-electron chi connectivity index (χ3n) is 3.70. The highest BCUT2D eigenvalue weighted by atomic mass is 79.9. The topological polar surface area (TPSA) is 57.6 Å². The Morgan fingerprint density at radius 3 is 2.80 bits per heavy atom. The van der Waals surface area contributed by atoms with E-state index in [1.54, 1.807) is 13.1 Å². The molecule has 4 nitrogen and oxygen atoms in total. The molecule has 0 saturated carbocycles. The third-order valence-corrected chi connectivity index (χ3v) is 4.31. The summed E-state index contributed by atoms with van der Waals surface area (Å²) in [5, 5.41) is 9.40. The number of hydrogen-bond acceptors (Lipinski definition) is 2. The summed E-state index contributed by atoms with van der Waals surface area (Å²) in [5.41, 5.74) is 0.628. The van der Waals surface area contributed by atoms with Gasteiger partial charge in [0.1, 0.15) is 5.82 Å².